The van der Waals surface area contributed by atoms with Gasteiger partial charge in [-0.2, -0.15) is 0 Å². The molecular weight excluding hydrogens is 819 g/mol. The summed E-state index contributed by atoms with van der Waals surface area (Å²) in [5.41, 5.74) is 9.74. The van der Waals surface area contributed by atoms with Crippen LogP contribution in [0.2, 0.25) is 0 Å². The predicted molar refractivity (Wildman–Crippen MR) is 253 cm³/mol. The maximum atomic E-state index is 13.0. The monoisotopic (exact) mass is 895 g/mol. The van der Waals surface area contributed by atoms with Crippen LogP contribution in [0.25, 0.3) is 22.1 Å². The number of imidazole rings is 2. The third-order valence-corrected chi connectivity index (χ3v) is 13.4. The molecule has 0 amide bonds. The van der Waals surface area contributed by atoms with Crippen LogP contribution in [-0.2, 0) is 65.0 Å². The summed E-state index contributed by atoms with van der Waals surface area (Å²) in [5.74, 6) is 0.534. The minimum atomic E-state index is -0.464. The molecule has 0 atom stereocenters. The Bertz CT molecular complexity index is 2240. The first-order chi connectivity index (χ1) is 30.0. The highest BCUT2D eigenvalue weighted by Crippen LogP contribution is 2.37. The molecule has 2 saturated carbocycles. The van der Waals surface area contributed by atoms with E-state index < -0.39 is 18.3 Å². The third-order valence-electron chi connectivity index (χ3n) is 13.4. The molecule has 7 rings (SSSR count). The van der Waals surface area contributed by atoms with Crippen LogP contribution in [0, 0.1) is 23.7 Å². The lowest BCUT2D eigenvalue weighted by Gasteiger charge is -2.32. The summed E-state index contributed by atoms with van der Waals surface area (Å²) in [6.07, 6.45) is 7.01. The van der Waals surface area contributed by atoms with Gasteiger partial charge in [0.1, 0.15) is 0 Å². The molecular formula is C47H75BN6O10. The van der Waals surface area contributed by atoms with Crippen molar-refractivity contribution in [1.82, 2.24) is 18.3 Å². The number of anilines is 1. The number of carbonyl (C=O) groups is 2. The zero-order valence-corrected chi connectivity index (χ0v) is 39.2. The van der Waals surface area contributed by atoms with E-state index in [0.717, 1.165) is 91.1 Å². The molecule has 17 heteroatoms. The van der Waals surface area contributed by atoms with Crippen molar-refractivity contribution in [2.75, 3.05) is 60.1 Å². The number of nitrogens with one attached hydrogen (secondary N) is 1. The Morgan fingerprint density at radius 1 is 0.688 bits per heavy atom. The van der Waals surface area contributed by atoms with E-state index in [0.29, 0.717) is 44.7 Å². The van der Waals surface area contributed by atoms with Gasteiger partial charge in [0.05, 0.1) is 72.5 Å². The Hall–Kier alpha value is -4.42. The van der Waals surface area contributed by atoms with Crippen molar-refractivity contribution in [2.24, 2.45) is 43.5 Å². The number of nitrogens with two attached hydrogens (primary N) is 1. The van der Waals surface area contributed by atoms with E-state index in [9.17, 15) is 19.2 Å². The number of aryl methyl sites for hydroxylation is 2. The molecule has 3 heterocycles. The van der Waals surface area contributed by atoms with Crippen molar-refractivity contribution < 1.29 is 37.8 Å². The average molecular weight is 895 g/mol. The smallest absolute Gasteiger partial charge is 0.469 e. The first kappa shape index (κ1) is 52.2. The zero-order chi connectivity index (χ0) is 46.1. The molecule has 4 aromatic rings. The predicted octanol–water partition coefficient (Wildman–Crippen LogP) is 5.22. The van der Waals surface area contributed by atoms with Gasteiger partial charge in [0.2, 0.25) is 0 Å². The SMILES string of the molecule is C.COC(=O)C1CCC(Cn2c(=O)n(C)c3ccc(B4OC(C)(C)C(C)(C)O4)cc32)CC1.COCCN.COCCNc1ccc2c(c1)n(CC1CCC(C(=O)OC)CC1)c(=O)n2C. The number of esters is 2. The van der Waals surface area contributed by atoms with Gasteiger partial charge in [-0.15, -0.1) is 0 Å². The van der Waals surface area contributed by atoms with Crippen molar-refractivity contribution in [2.45, 2.75) is 111 Å². The van der Waals surface area contributed by atoms with Crippen molar-refractivity contribution in [3.8, 4) is 0 Å². The molecule has 2 aliphatic carbocycles. The number of hydrogen-bond acceptors (Lipinski definition) is 12. The molecule has 0 radical (unpaired) electrons. The Morgan fingerprint density at radius 3 is 1.53 bits per heavy atom. The van der Waals surface area contributed by atoms with Crippen LogP contribution in [-0.4, -0.2) is 103 Å². The van der Waals surface area contributed by atoms with Crippen molar-refractivity contribution in [3.05, 3.63) is 57.4 Å². The van der Waals surface area contributed by atoms with Crippen LogP contribution in [0.3, 0.4) is 0 Å². The lowest BCUT2D eigenvalue weighted by Crippen LogP contribution is -2.41. The summed E-state index contributed by atoms with van der Waals surface area (Å²) in [6, 6.07) is 12.0. The van der Waals surface area contributed by atoms with Gasteiger partial charge in [-0.1, -0.05) is 13.5 Å². The van der Waals surface area contributed by atoms with Crippen molar-refractivity contribution in [1.29, 1.82) is 0 Å². The number of rotatable bonds is 13. The van der Waals surface area contributed by atoms with Gasteiger partial charge in [0.25, 0.3) is 0 Å². The molecule has 0 bridgehead atoms. The highest BCUT2D eigenvalue weighted by Gasteiger charge is 2.51. The van der Waals surface area contributed by atoms with Crippen LogP contribution in [0.4, 0.5) is 5.69 Å². The van der Waals surface area contributed by atoms with Crippen LogP contribution in [0.15, 0.2) is 46.0 Å². The maximum Gasteiger partial charge on any atom is 0.494 e. The summed E-state index contributed by atoms with van der Waals surface area (Å²) < 4.78 is 39.0. The topological polar surface area (TPSA) is 181 Å². The van der Waals surface area contributed by atoms with E-state index in [-0.39, 0.29) is 42.6 Å². The lowest BCUT2D eigenvalue weighted by molar-refractivity contribution is -0.147. The molecule has 1 saturated heterocycles. The number of fused-ring (bicyclic) bond motifs is 2. The molecule has 16 nitrogen and oxygen atoms in total. The molecule has 64 heavy (non-hydrogen) atoms. The lowest BCUT2D eigenvalue weighted by atomic mass is 9.79. The molecule has 3 fully saturated rings. The fraction of sp³-hybridized carbons (Fsp3) is 0.660. The highest BCUT2D eigenvalue weighted by atomic mass is 16.7. The summed E-state index contributed by atoms with van der Waals surface area (Å²) in [4.78, 5) is 49.3. The second-order valence-electron chi connectivity index (χ2n) is 18.1. The Balaban J connectivity index is 0.000000252. The summed E-state index contributed by atoms with van der Waals surface area (Å²) in [5, 5.41) is 3.32. The quantitative estimate of drug-likeness (QED) is 0.102. The number of nitrogens with zero attached hydrogens (tertiary/aromatic N) is 4. The molecule has 3 N–H and O–H groups in total. The van der Waals surface area contributed by atoms with E-state index in [1.54, 1.807) is 23.4 Å². The molecule has 0 spiro atoms. The van der Waals surface area contributed by atoms with Gasteiger partial charge in [-0.25, -0.2) is 9.59 Å². The molecule has 2 aromatic carbocycles. The second kappa shape index (κ2) is 23.2. The van der Waals surface area contributed by atoms with Crippen LogP contribution in [0.1, 0.15) is 86.5 Å². The molecule has 1 aliphatic heterocycles. The number of methoxy groups -OCH3 is 4. The Morgan fingerprint density at radius 2 is 1.12 bits per heavy atom. The van der Waals surface area contributed by atoms with Gasteiger partial charge >= 0.3 is 30.4 Å². The van der Waals surface area contributed by atoms with E-state index >= 15 is 0 Å². The van der Waals surface area contributed by atoms with Crippen LogP contribution in [0.5, 0.6) is 0 Å². The molecule has 0 unspecified atom stereocenters. The maximum absolute atomic E-state index is 13.0. The fourth-order valence-electron chi connectivity index (χ4n) is 8.85. The minimum Gasteiger partial charge on any atom is -0.469 e. The number of aromatic nitrogens is 4. The van der Waals surface area contributed by atoms with Crippen LogP contribution < -0.4 is 27.9 Å². The molecule has 356 valence electrons. The van der Waals surface area contributed by atoms with Gasteiger partial charge in [-0.05, 0) is 127 Å². The first-order valence-electron chi connectivity index (χ1n) is 22.3. The van der Waals surface area contributed by atoms with Gasteiger partial charge in [-0.3, -0.25) is 27.9 Å². The minimum absolute atomic E-state index is 0. The zero-order valence-electron chi connectivity index (χ0n) is 39.2. The van der Waals surface area contributed by atoms with E-state index in [1.807, 2.05) is 87.3 Å². The molecule has 3 aliphatic rings. The largest absolute Gasteiger partial charge is 0.494 e. The second-order valence-corrected chi connectivity index (χ2v) is 18.1. The van der Waals surface area contributed by atoms with Gasteiger partial charge in [0.15, 0.2) is 0 Å². The van der Waals surface area contributed by atoms with Crippen LogP contribution >= 0.6 is 0 Å². The van der Waals surface area contributed by atoms with E-state index in [1.165, 1.54) is 14.2 Å². The Labute approximate surface area is 379 Å². The van der Waals surface area contributed by atoms with E-state index in [2.05, 4.69) is 10.1 Å². The highest BCUT2D eigenvalue weighted by molar-refractivity contribution is 6.62. The number of ether oxygens (including phenoxy) is 4. The van der Waals surface area contributed by atoms with Gasteiger partial charge in [0, 0.05) is 60.2 Å². The van der Waals surface area contributed by atoms with Crippen molar-refractivity contribution >= 4 is 52.3 Å². The number of hydrogen-bond donors (Lipinski definition) is 2. The normalized spacial score (nSPS) is 21.3. The number of carbonyl (C=O) groups excluding carboxylic acids is 2. The number of benzene rings is 2. The summed E-state index contributed by atoms with van der Waals surface area (Å²) in [6.45, 7) is 12.1. The van der Waals surface area contributed by atoms with Crippen molar-refractivity contribution in [3.63, 3.8) is 0 Å². The summed E-state index contributed by atoms with van der Waals surface area (Å²) in [7, 11) is 9.36. The summed E-state index contributed by atoms with van der Waals surface area (Å²) >= 11 is 0. The fourth-order valence-corrected chi connectivity index (χ4v) is 8.85. The van der Waals surface area contributed by atoms with Gasteiger partial charge < -0.3 is 39.3 Å². The third kappa shape index (κ3) is 12.1. The standard InChI is InChI=1S/C23H33BN2O5.C20H29N3O4.C3H9NO.CH4/c1-22(2)23(3,4)31-24(30-22)17-11-12-18-19(13-17)26(21(28)25(18)5)14-15-7-9-16(10-8-15)20(27)29-6;1-22-17-9-8-16(21-10-11-26-2)12-18(17)23(20(22)25)13-14-4-6-15(7-5-14)19(24)27-3;1-5-3-2-4;/h11-13,15-16H,7-10,14H2,1-6H3;8-9,12,14-15,21H,4-7,10-11,13H2,1-3H3;2-4H2,1H3;1H4. The van der Waals surface area contributed by atoms with E-state index in [4.69, 9.17) is 29.3 Å². The first-order valence-corrected chi connectivity index (χ1v) is 22.3. The Kier molecular flexibility index (Phi) is 18.9. The molecule has 2 aromatic heterocycles. The average Bonchev–Trinajstić information content (AvgIpc) is 3.76.